The molecule has 0 fully saturated rings. The summed E-state index contributed by atoms with van der Waals surface area (Å²) in [5, 5.41) is 0. The Hall–Kier alpha value is 0.390. The van der Waals surface area contributed by atoms with Crippen molar-refractivity contribution >= 4 is 39.7 Å². The van der Waals surface area contributed by atoms with Gasteiger partial charge >= 0.3 is 0 Å². The number of unbranched alkanes of at least 4 members (excludes halogenated alkanes) is 9. The van der Waals surface area contributed by atoms with Crippen LogP contribution in [0.5, 0.6) is 0 Å². The number of hydrogen-bond acceptors (Lipinski definition) is 3. The molecule has 2 unspecified atom stereocenters. The van der Waals surface area contributed by atoms with E-state index in [0.29, 0.717) is 6.61 Å². The fraction of sp³-hybridized carbons (Fsp3) is 0.800. The SMILES string of the molecule is CCCCCCCCCCCCOS(=O)(=O)C1(C)C=CC=CC1C.[Na]. The monoisotopic (exact) mass is 379 g/mol. The molecule has 0 aliphatic heterocycles. The first-order chi connectivity index (χ1) is 11.4. The van der Waals surface area contributed by atoms with Crippen molar-refractivity contribution in [3.05, 3.63) is 24.3 Å². The zero-order chi connectivity index (χ0) is 17.9. The van der Waals surface area contributed by atoms with Crippen molar-refractivity contribution in [1.82, 2.24) is 0 Å². The van der Waals surface area contributed by atoms with Gasteiger partial charge in [0.05, 0.1) is 6.61 Å². The van der Waals surface area contributed by atoms with Gasteiger partial charge in [-0.05, 0) is 19.3 Å². The van der Waals surface area contributed by atoms with Crippen molar-refractivity contribution in [2.45, 2.75) is 89.7 Å². The predicted octanol–water partition coefficient (Wildman–Crippen LogP) is 5.39. The maximum Gasteiger partial charge on any atom is 0.277 e. The topological polar surface area (TPSA) is 43.4 Å². The van der Waals surface area contributed by atoms with Gasteiger partial charge in [0.25, 0.3) is 10.1 Å². The van der Waals surface area contributed by atoms with Crippen LogP contribution in [0.15, 0.2) is 24.3 Å². The molecule has 5 heteroatoms. The minimum atomic E-state index is -3.58. The third-order valence-electron chi connectivity index (χ3n) is 5.12. The van der Waals surface area contributed by atoms with Gasteiger partial charge in [-0.3, -0.25) is 4.18 Å². The Kier molecular flexibility index (Phi) is 13.8. The molecule has 1 rings (SSSR count). The molecule has 2 atom stereocenters. The van der Waals surface area contributed by atoms with E-state index in [-0.39, 0.29) is 35.5 Å². The van der Waals surface area contributed by atoms with Crippen molar-refractivity contribution in [3.63, 3.8) is 0 Å². The third kappa shape index (κ3) is 8.75. The molecule has 0 N–H and O–H groups in total. The van der Waals surface area contributed by atoms with Crippen molar-refractivity contribution in [2.75, 3.05) is 6.61 Å². The van der Waals surface area contributed by atoms with E-state index in [4.69, 9.17) is 4.18 Å². The Morgan fingerprint density at radius 1 is 0.920 bits per heavy atom. The molecule has 1 radical (unpaired) electrons. The molecule has 141 valence electrons. The Morgan fingerprint density at radius 3 is 1.96 bits per heavy atom. The second kappa shape index (κ2) is 13.5. The minimum absolute atomic E-state index is 0. The molecule has 0 amide bonds. The molecular formula is C20H36NaO3S. The van der Waals surface area contributed by atoms with Gasteiger partial charge in [-0.2, -0.15) is 8.42 Å². The fourth-order valence-electron chi connectivity index (χ4n) is 3.02. The molecular weight excluding hydrogens is 343 g/mol. The summed E-state index contributed by atoms with van der Waals surface area (Å²) in [6.45, 7) is 6.20. The molecule has 3 nitrogen and oxygen atoms in total. The molecule has 1 aliphatic carbocycles. The molecule has 1 aliphatic rings. The average molecular weight is 380 g/mol. The normalized spacial score (nSPS) is 22.8. The molecule has 0 heterocycles. The van der Waals surface area contributed by atoms with Crippen LogP contribution in [0.25, 0.3) is 0 Å². The maximum atomic E-state index is 12.5. The fourth-order valence-corrected chi connectivity index (χ4v) is 4.39. The summed E-state index contributed by atoms with van der Waals surface area (Å²) in [6.07, 6.45) is 19.6. The van der Waals surface area contributed by atoms with Crippen LogP contribution >= 0.6 is 0 Å². The van der Waals surface area contributed by atoms with Crippen molar-refractivity contribution in [3.8, 4) is 0 Å². The first kappa shape index (κ1) is 25.4. The van der Waals surface area contributed by atoms with Crippen LogP contribution in [0.4, 0.5) is 0 Å². The largest absolute Gasteiger partial charge is 0.277 e. The van der Waals surface area contributed by atoms with Crippen LogP contribution in [0, 0.1) is 5.92 Å². The zero-order valence-corrected chi connectivity index (χ0v) is 19.6. The van der Waals surface area contributed by atoms with Crippen LogP contribution in [0.3, 0.4) is 0 Å². The van der Waals surface area contributed by atoms with Crippen LogP contribution in [-0.4, -0.2) is 49.3 Å². The Morgan fingerprint density at radius 2 is 1.44 bits per heavy atom. The third-order valence-corrected chi connectivity index (χ3v) is 7.18. The Bertz CT molecular complexity index is 499. The average Bonchev–Trinajstić information content (AvgIpc) is 2.55. The van der Waals surface area contributed by atoms with Crippen LogP contribution in [0.1, 0.15) is 85.0 Å². The summed E-state index contributed by atoms with van der Waals surface area (Å²) in [7, 11) is -3.58. The first-order valence-corrected chi connectivity index (χ1v) is 11.1. The summed E-state index contributed by atoms with van der Waals surface area (Å²) < 4.78 is 29.3. The van der Waals surface area contributed by atoms with Gasteiger partial charge in [0, 0.05) is 29.6 Å². The van der Waals surface area contributed by atoms with Gasteiger partial charge in [-0.15, -0.1) is 0 Å². The van der Waals surface area contributed by atoms with Crippen molar-refractivity contribution in [2.24, 2.45) is 5.92 Å². The van der Waals surface area contributed by atoms with E-state index in [9.17, 15) is 8.42 Å². The smallest absolute Gasteiger partial charge is 0.269 e. The minimum Gasteiger partial charge on any atom is -0.269 e. The molecule has 0 aromatic rings. The maximum absolute atomic E-state index is 12.5. The summed E-state index contributed by atoms with van der Waals surface area (Å²) in [4.78, 5) is 0. The summed E-state index contributed by atoms with van der Waals surface area (Å²) >= 11 is 0. The van der Waals surface area contributed by atoms with Crippen molar-refractivity contribution in [1.29, 1.82) is 0 Å². The van der Waals surface area contributed by atoms with Crippen molar-refractivity contribution < 1.29 is 12.6 Å². The van der Waals surface area contributed by atoms with Gasteiger partial charge in [0.15, 0.2) is 0 Å². The van der Waals surface area contributed by atoms with Gasteiger partial charge in [-0.25, -0.2) is 0 Å². The first-order valence-electron chi connectivity index (χ1n) is 9.69. The number of rotatable bonds is 13. The molecule has 0 saturated heterocycles. The predicted molar refractivity (Wildman–Crippen MR) is 108 cm³/mol. The Labute approximate surface area is 178 Å². The van der Waals surface area contributed by atoms with E-state index >= 15 is 0 Å². The second-order valence-corrected chi connectivity index (χ2v) is 9.20. The van der Waals surface area contributed by atoms with Gasteiger partial charge in [0.1, 0.15) is 4.75 Å². The van der Waals surface area contributed by atoms with E-state index in [1.807, 2.05) is 19.1 Å². The zero-order valence-electron chi connectivity index (χ0n) is 16.8. The van der Waals surface area contributed by atoms with E-state index in [0.717, 1.165) is 12.8 Å². The van der Waals surface area contributed by atoms with Gasteiger partial charge in [-0.1, -0.05) is 95.9 Å². The standard InChI is InChI=1S/C20H36O3S.Na/c1-4-5-6-7-8-9-10-11-12-15-18-23-24(21,22)20(3)17-14-13-16-19(20)2;/h13-14,16-17,19H,4-12,15,18H2,1-3H3;. The second-order valence-electron chi connectivity index (χ2n) is 7.17. The molecule has 0 aromatic heterocycles. The van der Waals surface area contributed by atoms with Crippen LogP contribution in [0.2, 0.25) is 0 Å². The van der Waals surface area contributed by atoms with Crippen LogP contribution < -0.4 is 0 Å². The van der Waals surface area contributed by atoms with E-state index in [1.165, 1.54) is 51.4 Å². The van der Waals surface area contributed by atoms with Gasteiger partial charge in [0.2, 0.25) is 0 Å². The quantitative estimate of drug-likeness (QED) is 0.245. The summed E-state index contributed by atoms with van der Waals surface area (Å²) in [5.74, 6) is -0.0693. The summed E-state index contributed by atoms with van der Waals surface area (Å²) in [5.41, 5.74) is 0. The van der Waals surface area contributed by atoms with Crippen LogP contribution in [-0.2, 0) is 14.3 Å². The number of allylic oxidation sites excluding steroid dienone is 3. The molecule has 25 heavy (non-hydrogen) atoms. The molecule has 0 bridgehead atoms. The molecule has 0 aromatic carbocycles. The Balaban J connectivity index is 0.00000576. The van der Waals surface area contributed by atoms with E-state index in [2.05, 4.69) is 6.92 Å². The molecule has 0 saturated carbocycles. The molecule has 0 spiro atoms. The van der Waals surface area contributed by atoms with Gasteiger partial charge < -0.3 is 0 Å². The van der Waals surface area contributed by atoms with E-state index in [1.54, 1.807) is 19.1 Å². The number of hydrogen-bond donors (Lipinski definition) is 0. The summed E-state index contributed by atoms with van der Waals surface area (Å²) in [6, 6.07) is 0. The van der Waals surface area contributed by atoms with E-state index < -0.39 is 14.9 Å².